The lowest BCUT2D eigenvalue weighted by atomic mass is 10.0. The first-order valence-electron chi connectivity index (χ1n) is 6.37. The van der Waals surface area contributed by atoms with Crippen LogP contribution in [0.3, 0.4) is 0 Å². The van der Waals surface area contributed by atoms with E-state index < -0.39 is 0 Å². The summed E-state index contributed by atoms with van der Waals surface area (Å²) in [6.45, 7) is 2.71. The number of fused-ring (bicyclic) bond motifs is 1. The molecule has 1 aliphatic rings. The molecule has 0 saturated carbocycles. The maximum absolute atomic E-state index is 12.6. The summed E-state index contributed by atoms with van der Waals surface area (Å²) in [7, 11) is 0. The van der Waals surface area contributed by atoms with Crippen molar-refractivity contribution in [3.8, 4) is 0 Å². The van der Waals surface area contributed by atoms with Gasteiger partial charge in [-0.15, -0.1) is 11.3 Å². The van der Waals surface area contributed by atoms with Crippen molar-refractivity contribution in [2.24, 2.45) is 0 Å². The average molecular weight is 308 g/mol. The molecule has 1 unspecified atom stereocenters. The molecule has 1 amide bonds. The standard InChI is InChI=1S/C14H14ClN3OS/c1-8-9-5-7-20-11(9)4-6-18(8)14(19)13-10(15)2-3-12(16)17-13/h2-3,5,7-8H,4,6H2,1H3,(H2,16,17). The Kier molecular flexibility index (Phi) is 3.40. The van der Waals surface area contributed by atoms with Gasteiger partial charge >= 0.3 is 0 Å². The van der Waals surface area contributed by atoms with Gasteiger partial charge in [0.25, 0.3) is 5.91 Å². The third-order valence-corrected chi connectivity index (χ3v) is 4.91. The number of rotatable bonds is 1. The molecular formula is C14H14ClN3OS. The highest BCUT2D eigenvalue weighted by Gasteiger charge is 2.30. The Morgan fingerprint density at radius 3 is 3.10 bits per heavy atom. The van der Waals surface area contributed by atoms with E-state index in [9.17, 15) is 4.79 Å². The van der Waals surface area contributed by atoms with Gasteiger partial charge in [-0.05, 0) is 42.5 Å². The fourth-order valence-corrected chi connectivity index (χ4v) is 3.68. The molecule has 2 aromatic heterocycles. The van der Waals surface area contributed by atoms with Crippen LogP contribution in [0.25, 0.3) is 0 Å². The van der Waals surface area contributed by atoms with Crippen molar-refractivity contribution in [2.45, 2.75) is 19.4 Å². The van der Waals surface area contributed by atoms with Gasteiger partial charge in [0.05, 0.1) is 11.1 Å². The average Bonchev–Trinajstić information content (AvgIpc) is 2.90. The molecule has 0 aromatic carbocycles. The summed E-state index contributed by atoms with van der Waals surface area (Å²) < 4.78 is 0. The van der Waals surface area contributed by atoms with Crippen molar-refractivity contribution in [3.05, 3.63) is 44.7 Å². The van der Waals surface area contributed by atoms with Crippen LogP contribution in [0.2, 0.25) is 5.02 Å². The molecule has 1 aliphatic heterocycles. The SMILES string of the molecule is CC1c2ccsc2CCN1C(=O)c1nc(N)ccc1Cl. The van der Waals surface area contributed by atoms with E-state index in [0.29, 0.717) is 17.4 Å². The highest BCUT2D eigenvalue weighted by molar-refractivity contribution is 7.10. The molecule has 3 rings (SSSR count). The van der Waals surface area contributed by atoms with Crippen molar-refractivity contribution in [1.82, 2.24) is 9.88 Å². The summed E-state index contributed by atoms with van der Waals surface area (Å²) in [6.07, 6.45) is 0.878. The molecule has 3 heterocycles. The Morgan fingerprint density at radius 1 is 1.50 bits per heavy atom. The maximum atomic E-state index is 12.6. The fraction of sp³-hybridized carbons (Fsp3) is 0.286. The molecule has 2 N–H and O–H groups in total. The summed E-state index contributed by atoms with van der Waals surface area (Å²) in [5.41, 5.74) is 7.10. The van der Waals surface area contributed by atoms with Gasteiger partial charge in [-0.1, -0.05) is 11.6 Å². The predicted octanol–water partition coefficient (Wildman–Crippen LogP) is 3.14. The van der Waals surface area contributed by atoms with Crippen molar-refractivity contribution >= 4 is 34.7 Å². The third kappa shape index (κ3) is 2.17. The first-order chi connectivity index (χ1) is 9.58. The second kappa shape index (κ2) is 5.07. The lowest BCUT2D eigenvalue weighted by Crippen LogP contribution is -2.38. The molecule has 0 bridgehead atoms. The van der Waals surface area contributed by atoms with Crippen LogP contribution in [0, 0.1) is 0 Å². The molecule has 6 heteroatoms. The number of carbonyl (C=O) groups is 1. The molecule has 0 fully saturated rings. The first kappa shape index (κ1) is 13.4. The normalized spacial score (nSPS) is 17.9. The molecule has 0 radical (unpaired) electrons. The number of nitrogens with zero attached hydrogens (tertiary/aromatic N) is 2. The molecule has 0 saturated heterocycles. The Labute approximate surface area is 126 Å². The van der Waals surface area contributed by atoms with E-state index in [0.717, 1.165) is 6.42 Å². The Morgan fingerprint density at radius 2 is 2.30 bits per heavy atom. The number of carbonyl (C=O) groups excluding carboxylic acids is 1. The zero-order chi connectivity index (χ0) is 14.3. The number of nitrogens with two attached hydrogens (primary N) is 1. The largest absolute Gasteiger partial charge is 0.384 e. The van der Waals surface area contributed by atoms with Crippen LogP contribution >= 0.6 is 22.9 Å². The summed E-state index contributed by atoms with van der Waals surface area (Å²) in [5, 5.41) is 2.41. The van der Waals surface area contributed by atoms with Gasteiger partial charge in [0.15, 0.2) is 0 Å². The second-order valence-corrected chi connectivity index (χ2v) is 6.20. The van der Waals surface area contributed by atoms with Gasteiger partial charge < -0.3 is 10.6 Å². The van der Waals surface area contributed by atoms with Crippen LogP contribution in [-0.4, -0.2) is 22.3 Å². The quantitative estimate of drug-likeness (QED) is 0.880. The summed E-state index contributed by atoms with van der Waals surface area (Å²) in [6, 6.07) is 5.33. The van der Waals surface area contributed by atoms with Crippen molar-refractivity contribution in [3.63, 3.8) is 0 Å². The number of hydrogen-bond acceptors (Lipinski definition) is 4. The lowest BCUT2D eigenvalue weighted by molar-refractivity contribution is 0.0673. The Hall–Kier alpha value is -1.59. The monoisotopic (exact) mass is 307 g/mol. The van der Waals surface area contributed by atoms with Gasteiger partial charge in [0.2, 0.25) is 0 Å². The van der Waals surface area contributed by atoms with Crippen LogP contribution in [0.15, 0.2) is 23.6 Å². The number of nitrogen functional groups attached to an aromatic ring is 1. The van der Waals surface area contributed by atoms with Gasteiger partial charge in [-0.25, -0.2) is 4.98 Å². The van der Waals surface area contributed by atoms with Crippen LogP contribution in [0.4, 0.5) is 5.82 Å². The van der Waals surface area contributed by atoms with Crippen LogP contribution in [0.5, 0.6) is 0 Å². The van der Waals surface area contributed by atoms with E-state index >= 15 is 0 Å². The zero-order valence-electron chi connectivity index (χ0n) is 11.0. The highest BCUT2D eigenvalue weighted by Crippen LogP contribution is 2.34. The van der Waals surface area contributed by atoms with Crippen LogP contribution < -0.4 is 5.73 Å². The van der Waals surface area contributed by atoms with Crippen molar-refractivity contribution < 1.29 is 4.79 Å². The molecule has 20 heavy (non-hydrogen) atoms. The minimum atomic E-state index is -0.161. The predicted molar refractivity (Wildman–Crippen MR) is 81.1 cm³/mol. The van der Waals surface area contributed by atoms with Crippen LogP contribution in [0.1, 0.15) is 33.9 Å². The Bertz CT molecular complexity index is 670. The van der Waals surface area contributed by atoms with E-state index in [1.807, 2.05) is 11.8 Å². The zero-order valence-corrected chi connectivity index (χ0v) is 12.5. The minimum Gasteiger partial charge on any atom is -0.384 e. The van der Waals surface area contributed by atoms with E-state index in [1.54, 1.807) is 23.5 Å². The third-order valence-electron chi connectivity index (χ3n) is 3.61. The molecular weight excluding hydrogens is 294 g/mol. The number of pyridine rings is 1. The number of amides is 1. The fourth-order valence-electron chi connectivity index (χ4n) is 2.53. The lowest BCUT2D eigenvalue weighted by Gasteiger charge is -2.33. The molecule has 0 aliphatic carbocycles. The number of aromatic nitrogens is 1. The van der Waals surface area contributed by atoms with E-state index in [4.69, 9.17) is 17.3 Å². The minimum absolute atomic E-state index is 0.0387. The smallest absolute Gasteiger partial charge is 0.274 e. The van der Waals surface area contributed by atoms with Crippen LogP contribution in [-0.2, 0) is 6.42 Å². The molecule has 2 aromatic rings. The Balaban J connectivity index is 1.94. The number of thiophene rings is 1. The molecule has 0 spiro atoms. The summed E-state index contributed by atoms with van der Waals surface area (Å²) >= 11 is 7.82. The number of anilines is 1. The maximum Gasteiger partial charge on any atom is 0.274 e. The molecule has 1 atom stereocenters. The summed E-state index contributed by atoms with van der Waals surface area (Å²) in [4.78, 5) is 19.9. The van der Waals surface area contributed by atoms with E-state index in [-0.39, 0.29) is 17.6 Å². The number of hydrogen-bond donors (Lipinski definition) is 1. The van der Waals surface area contributed by atoms with E-state index in [2.05, 4.69) is 16.4 Å². The molecule has 4 nitrogen and oxygen atoms in total. The van der Waals surface area contributed by atoms with Gasteiger partial charge in [-0.2, -0.15) is 0 Å². The highest BCUT2D eigenvalue weighted by atomic mass is 35.5. The van der Waals surface area contributed by atoms with E-state index in [1.165, 1.54) is 10.4 Å². The second-order valence-electron chi connectivity index (χ2n) is 4.79. The topological polar surface area (TPSA) is 59.2 Å². The van der Waals surface area contributed by atoms with Gasteiger partial charge in [0.1, 0.15) is 11.5 Å². The van der Waals surface area contributed by atoms with Crippen molar-refractivity contribution in [1.29, 1.82) is 0 Å². The van der Waals surface area contributed by atoms with Gasteiger partial charge in [0, 0.05) is 11.4 Å². The van der Waals surface area contributed by atoms with Crippen molar-refractivity contribution in [2.75, 3.05) is 12.3 Å². The van der Waals surface area contributed by atoms with Gasteiger partial charge in [-0.3, -0.25) is 4.79 Å². The molecule has 104 valence electrons. The first-order valence-corrected chi connectivity index (χ1v) is 7.63. The number of halogens is 1. The summed E-state index contributed by atoms with van der Waals surface area (Å²) in [5.74, 6) is 0.144.